The summed E-state index contributed by atoms with van der Waals surface area (Å²) in [6.45, 7) is 0. The first kappa shape index (κ1) is 18.9. The molecule has 3 aromatic heterocycles. The smallest absolute Gasteiger partial charge is 0.265 e. The van der Waals surface area contributed by atoms with Crippen molar-refractivity contribution in [3.63, 3.8) is 0 Å². The van der Waals surface area contributed by atoms with Crippen molar-refractivity contribution in [1.82, 2.24) is 20.2 Å². The molecular formula is C20H15N7O3S. The van der Waals surface area contributed by atoms with Crippen molar-refractivity contribution >= 4 is 44.3 Å². The van der Waals surface area contributed by atoms with Crippen molar-refractivity contribution in [3.05, 3.63) is 66.4 Å². The Morgan fingerprint density at radius 3 is 2.65 bits per heavy atom. The van der Waals surface area contributed by atoms with Crippen LogP contribution in [0.1, 0.15) is 5.76 Å². The first-order valence-corrected chi connectivity index (χ1v) is 10.7. The van der Waals surface area contributed by atoms with Gasteiger partial charge in [0.15, 0.2) is 5.65 Å². The molecule has 4 N–H and O–H groups in total. The second-order valence-corrected chi connectivity index (χ2v) is 8.21. The van der Waals surface area contributed by atoms with Gasteiger partial charge in [-0.3, -0.25) is 0 Å². The van der Waals surface area contributed by atoms with Gasteiger partial charge >= 0.3 is 0 Å². The van der Waals surface area contributed by atoms with Gasteiger partial charge in [0.05, 0.1) is 11.1 Å². The first-order chi connectivity index (χ1) is 15.0. The summed E-state index contributed by atoms with van der Waals surface area (Å²) in [7, 11) is -3.74. The van der Waals surface area contributed by atoms with E-state index in [0.29, 0.717) is 28.2 Å². The van der Waals surface area contributed by atoms with Crippen molar-refractivity contribution in [2.24, 2.45) is 10.2 Å². The number of benzene rings is 2. The van der Waals surface area contributed by atoms with Gasteiger partial charge < -0.3 is 9.40 Å². The molecule has 10 nitrogen and oxygen atoms in total. The molecule has 154 valence electrons. The van der Waals surface area contributed by atoms with Gasteiger partial charge in [-0.05, 0) is 42.5 Å². The van der Waals surface area contributed by atoms with Crippen molar-refractivity contribution in [2.45, 2.75) is 4.90 Å². The largest absolute Gasteiger partial charge is 0.455 e. The number of anilines is 1. The predicted molar refractivity (Wildman–Crippen MR) is 116 cm³/mol. The van der Waals surface area contributed by atoms with E-state index in [-0.39, 0.29) is 10.8 Å². The van der Waals surface area contributed by atoms with Crippen LogP contribution in [0, 0.1) is 0 Å². The van der Waals surface area contributed by atoms with Crippen LogP contribution in [0.4, 0.5) is 5.95 Å². The fourth-order valence-electron chi connectivity index (χ4n) is 3.11. The second kappa shape index (κ2) is 7.31. The number of nitrogens with two attached hydrogens (primary N) is 1. The van der Waals surface area contributed by atoms with E-state index >= 15 is 0 Å². The highest BCUT2D eigenvalue weighted by atomic mass is 32.2. The number of hydrazone groups is 1. The molecule has 5 aromatic rings. The lowest BCUT2D eigenvalue weighted by atomic mass is 10.2. The van der Waals surface area contributed by atoms with Gasteiger partial charge in [0.2, 0.25) is 10.0 Å². The number of nitrogens with zero attached hydrogens (tertiary/aromatic N) is 4. The van der Waals surface area contributed by atoms with Crippen molar-refractivity contribution < 1.29 is 12.8 Å². The van der Waals surface area contributed by atoms with Gasteiger partial charge in [0.1, 0.15) is 17.0 Å². The zero-order chi connectivity index (χ0) is 21.4. The number of fused-ring (bicyclic) bond motifs is 3. The monoisotopic (exact) mass is 433 g/mol. The normalized spacial score (nSPS) is 12.2. The number of nitrogens with one attached hydrogen (secondary N) is 2. The number of H-pyrrole nitrogens is 1. The van der Waals surface area contributed by atoms with E-state index in [0.717, 1.165) is 10.9 Å². The maximum Gasteiger partial charge on any atom is 0.265 e. The van der Waals surface area contributed by atoms with E-state index in [4.69, 9.17) is 9.56 Å². The van der Waals surface area contributed by atoms with Gasteiger partial charge in [-0.1, -0.05) is 18.2 Å². The van der Waals surface area contributed by atoms with E-state index in [9.17, 15) is 8.42 Å². The number of aromatic amines is 1. The Balaban J connectivity index is 1.31. The number of hydrogen-bond acceptors (Lipinski definition) is 8. The van der Waals surface area contributed by atoms with E-state index < -0.39 is 10.0 Å². The topological polar surface area (TPSA) is 152 Å². The lowest BCUT2D eigenvalue weighted by Gasteiger charge is -2.00. The molecule has 0 aliphatic rings. The van der Waals surface area contributed by atoms with E-state index in [1.165, 1.54) is 18.3 Å². The maximum absolute atomic E-state index is 11.4. The Morgan fingerprint density at radius 2 is 1.84 bits per heavy atom. The van der Waals surface area contributed by atoms with Crippen LogP contribution in [0.2, 0.25) is 0 Å². The SMILES string of the molecule is NS(=O)(=O)c1ccc(-c2ccc(/C=N/Nc3nnc4c(n3)[nH]c3ccccc34)o2)cc1. The molecule has 0 aliphatic heterocycles. The van der Waals surface area contributed by atoms with Gasteiger partial charge in [-0.25, -0.2) is 19.0 Å². The molecule has 0 unspecified atom stereocenters. The Morgan fingerprint density at radius 1 is 1.03 bits per heavy atom. The summed E-state index contributed by atoms with van der Waals surface area (Å²) >= 11 is 0. The van der Waals surface area contributed by atoms with Crippen LogP contribution in [0.25, 0.3) is 33.4 Å². The standard InChI is InChI=1S/C20H15N7O3S/c21-31(28,29)14-8-5-12(6-9-14)17-10-7-13(30-17)11-22-26-20-24-19-18(25-27-20)15-3-1-2-4-16(15)23-19/h1-11H,(H2,21,28,29)(H2,23,24,26,27)/b22-11+. The first-order valence-electron chi connectivity index (χ1n) is 9.11. The Hall–Kier alpha value is -4.09. The van der Waals surface area contributed by atoms with E-state index in [2.05, 4.69) is 30.7 Å². The molecule has 5 rings (SSSR count). The molecular weight excluding hydrogens is 418 g/mol. The number of sulfonamides is 1. The molecule has 0 amide bonds. The highest BCUT2D eigenvalue weighted by molar-refractivity contribution is 7.89. The van der Waals surface area contributed by atoms with Crippen LogP contribution in [0.5, 0.6) is 0 Å². The van der Waals surface area contributed by atoms with Crippen LogP contribution < -0.4 is 10.6 Å². The van der Waals surface area contributed by atoms with Crippen LogP contribution in [0.15, 0.2) is 75.1 Å². The summed E-state index contributed by atoms with van der Waals surface area (Å²) in [6.07, 6.45) is 1.47. The maximum atomic E-state index is 11.4. The summed E-state index contributed by atoms with van der Waals surface area (Å²) in [4.78, 5) is 7.61. The van der Waals surface area contributed by atoms with Crippen LogP contribution >= 0.6 is 0 Å². The molecule has 11 heteroatoms. The van der Waals surface area contributed by atoms with Crippen molar-refractivity contribution in [2.75, 3.05) is 5.43 Å². The fraction of sp³-hybridized carbons (Fsp3) is 0. The number of hydrogen-bond donors (Lipinski definition) is 3. The molecule has 3 heterocycles. The minimum Gasteiger partial charge on any atom is -0.455 e. The third-order valence-corrected chi connectivity index (χ3v) is 5.50. The number of furan rings is 1. The molecule has 0 atom stereocenters. The second-order valence-electron chi connectivity index (χ2n) is 6.64. The molecule has 0 radical (unpaired) electrons. The quantitative estimate of drug-likeness (QED) is 0.285. The number of rotatable bonds is 5. The molecule has 0 spiro atoms. The number of aromatic nitrogens is 4. The van der Waals surface area contributed by atoms with E-state index in [1.54, 1.807) is 24.3 Å². The third kappa shape index (κ3) is 3.74. The minimum absolute atomic E-state index is 0.0364. The van der Waals surface area contributed by atoms with Gasteiger partial charge in [-0.15, -0.1) is 10.2 Å². The van der Waals surface area contributed by atoms with Gasteiger partial charge in [0.25, 0.3) is 5.95 Å². The average molecular weight is 433 g/mol. The zero-order valence-corrected chi connectivity index (χ0v) is 16.7. The molecule has 0 fully saturated rings. The van der Waals surface area contributed by atoms with Crippen LogP contribution in [-0.2, 0) is 10.0 Å². The summed E-state index contributed by atoms with van der Waals surface area (Å²) in [5.74, 6) is 1.28. The number of para-hydroxylation sites is 1. The average Bonchev–Trinajstić information content (AvgIpc) is 3.37. The lowest BCUT2D eigenvalue weighted by molar-refractivity contribution is 0.574. The third-order valence-electron chi connectivity index (χ3n) is 4.57. The summed E-state index contributed by atoms with van der Waals surface area (Å²) in [5.41, 5.74) is 5.66. The van der Waals surface area contributed by atoms with Crippen molar-refractivity contribution in [1.29, 1.82) is 0 Å². The molecule has 31 heavy (non-hydrogen) atoms. The highest BCUT2D eigenvalue weighted by Gasteiger charge is 2.10. The zero-order valence-electron chi connectivity index (χ0n) is 15.9. The Labute approximate surface area is 175 Å². The van der Waals surface area contributed by atoms with Crippen LogP contribution in [0.3, 0.4) is 0 Å². The van der Waals surface area contributed by atoms with E-state index in [1.807, 2.05) is 24.3 Å². The predicted octanol–water partition coefficient (Wildman–Crippen LogP) is 2.86. The van der Waals surface area contributed by atoms with Crippen LogP contribution in [-0.4, -0.2) is 34.8 Å². The summed E-state index contributed by atoms with van der Waals surface area (Å²) in [6, 6.07) is 17.3. The van der Waals surface area contributed by atoms with Gasteiger partial charge in [-0.2, -0.15) is 10.1 Å². The Kier molecular flexibility index (Phi) is 4.46. The summed E-state index contributed by atoms with van der Waals surface area (Å²) < 4.78 is 28.4. The van der Waals surface area contributed by atoms with Gasteiger partial charge in [0, 0.05) is 16.5 Å². The number of primary sulfonamides is 1. The Bertz CT molecular complexity index is 1540. The molecule has 2 aromatic carbocycles. The lowest BCUT2D eigenvalue weighted by Crippen LogP contribution is -2.11. The molecule has 0 saturated carbocycles. The molecule has 0 bridgehead atoms. The highest BCUT2D eigenvalue weighted by Crippen LogP contribution is 2.23. The minimum atomic E-state index is -3.74. The molecule has 0 saturated heterocycles. The fourth-order valence-corrected chi connectivity index (χ4v) is 3.62. The summed E-state index contributed by atoms with van der Waals surface area (Å²) in [5, 5.41) is 18.4. The molecule has 0 aliphatic carbocycles. The van der Waals surface area contributed by atoms with Crippen molar-refractivity contribution in [3.8, 4) is 11.3 Å².